The number of hydrogen-bond donors (Lipinski definition) is 1. The summed E-state index contributed by atoms with van der Waals surface area (Å²) in [4.78, 5) is 10.6. The van der Waals surface area contributed by atoms with Crippen molar-refractivity contribution in [3.05, 3.63) is 70.3 Å². The number of anilines is 2. The molecule has 0 fully saturated rings. The van der Waals surface area contributed by atoms with Gasteiger partial charge in [-0.15, -0.1) is 0 Å². The van der Waals surface area contributed by atoms with Gasteiger partial charge in [-0.3, -0.25) is 10.1 Å². The lowest BCUT2D eigenvalue weighted by Crippen LogP contribution is -2.04. The first-order valence-corrected chi connectivity index (χ1v) is 7.67. The van der Waals surface area contributed by atoms with Gasteiger partial charge in [0.25, 0.3) is 0 Å². The molecule has 0 saturated carbocycles. The van der Waals surface area contributed by atoms with Gasteiger partial charge in [-0.05, 0) is 24.6 Å². The zero-order chi connectivity index (χ0) is 19.0. The molecule has 2 aromatic rings. The van der Waals surface area contributed by atoms with Crippen LogP contribution < -0.4 is 10.1 Å². The lowest BCUT2D eigenvalue weighted by molar-refractivity contribution is -0.384. The summed E-state index contributed by atoms with van der Waals surface area (Å²) in [5.74, 6) is -1.60. The number of benzene rings is 2. The van der Waals surface area contributed by atoms with Gasteiger partial charge >= 0.3 is 5.69 Å². The minimum atomic E-state index is -0.746. The molecular formula is C18H20F2N2O3. The van der Waals surface area contributed by atoms with Gasteiger partial charge in [-0.2, -0.15) is 0 Å². The molecule has 0 bridgehead atoms. The van der Waals surface area contributed by atoms with Crippen molar-refractivity contribution in [2.45, 2.75) is 20.8 Å². The molecule has 0 unspecified atom stereocenters. The standard InChI is InChI=1S/C16H14F2N2O3.C2H6/c1-3-6-23-15-9-11(17)8-14(16(15)20(21)22)19-13-5-4-10(2)7-12(13)18;1-2/h3-5,7-9,19H,1,6H2,2H3;1-2H3. The van der Waals surface area contributed by atoms with E-state index in [9.17, 15) is 18.9 Å². The van der Waals surface area contributed by atoms with Crippen molar-refractivity contribution in [1.82, 2.24) is 0 Å². The number of hydrogen-bond acceptors (Lipinski definition) is 4. The largest absolute Gasteiger partial charge is 0.482 e. The predicted molar refractivity (Wildman–Crippen MR) is 94.5 cm³/mol. The van der Waals surface area contributed by atoms with Crippen LogP contribution in [-0.4, -0.2) is 11.5 Å². The van der Waals surface area contributed by atoms with E-state index in [1.807, 2.05) is 13.8 Å². The molecule has 1 N–H and O–H groups in total. The van der Waals surface area contributed by atoms with Gasteiger partial charge in [0, 0.05) is 12.1 Å². The normalized spacial score (nSPS) is 9.64. The number of halogens is 2. The minimum Gasteiger partial charge on any atom is -0.482 e. The fourth-order valence-electron chi connectivity index (χ4n) is 1.98. The van der Waals surface area contributed by atoms with Crippen molar-refractivity contribution in [2.24, 2.45) is 0 Å². The zero-order valence-electron chi connectivity index (χ0n) is 14.3. The van der Waals surface area contributed by atoms with Crippen LogP contribution in [0.25, 0.3) is 0 Å². The first-order valence-electron chi connectivity index (χ1n) is 7.67. The van der Waals surface area contributed by atoms with Gasteiger partial charge < -0.3 is 10.1 Å². The lowest BCUT2D eigenvalue weighted by Gasteiger charge is -2.12. The van der Waals surface area contributed by atoms with E-state index in [2.05, 4.69) is 11.9 Å². The van der Waals surface area contributed by atoms with Crippen LogP contribution in [0.15, 0.2) is 43.0 Å². The Kier molecular flexibility index (Phi) is 7.52. The Balaban J connectivity index is 0.00000151. The molecule has 0 aliphatic heterocycles. The zero-order valence-corrected chi connectivity index (χ0v) is 14.3. The first-order chi connectivity index (χ1) is 11.9. The van der Waals surface area contributed by atoms with Gasteiger partial charge in [0.1, 0.15) is 23.9 Å². The van der Waals surface area contributed by atoms with E-state index in [-0.39, 0.29) is 23.7 Å². The summed E-state index contributed by atoms with van der Waals surface area (Å²) in [7, 11) is 0. The van der Waals surface area contributed by atoms with Crippen molar-refractivity contribution >= 4 is 17.1 Å². The van der Waals surface area contributed by atoms with E-state index in [0.29, 0.717) is 5.56 Å². The maximum atomic E-state index is 13.9. The molecular weight excluding hydrogens is 330 g/mol. The summed E-state index contributed by atoms with van der Waals surface area (Å²) in [5.41, 5.74) is 0.0146. The Bertz CT molecular complexity index is 764. The van der Waals surface area contributed by atoms with E-state index in [1.165, 1.54) is 18.2 Å². The van der Waals surface area contributed by atoms with Crippen LogP contribution >= 0.6 is 0 Å². The summed E-state index contributed by atoms with van der Waals surface area (Å²) in [6.07, 6.45) is 1.38. The van der Waals surface area contributed by atoms with Crippen LogP contribution in [-0.2, 0) is 0 Å². The second kappa shape index (κ2) is 9.36. The van der Waals surface area contributed by atoms with Crippen molar-refractivity contribution in [3.63, 3.8) is 0 Å². The molecule has 0 spiro atoms. The highest BCUT2D eigenvalue weighted by Crippen LogP contribution is 2.38. The molecule has 0 saturated heterocycles. The maximum absolute atomic E-state index is 13.9. The van der Waals surface area contributed by atoms with Crippen LogP contribution in [0.5, 0.6) is 5.75 Å². The Labute approximate surface area is 145 Å². The van der Waals surface area contributed by atoms with Crippen molar-refractivity contribution in [3.8, 4) is 5.75 Å². The van der Waals surface area contributed by atoms with Gasteiger partial charge in [0.05, 0.1) is 10.6 Å². The molecule has 0 aliphatic rings. The summed E-state index contributed by atoms with van der Waals surface area (Å²) in [6, 6.07) is 6.13. The highest BCUT2D eigenvalue weighted by atomic mass is 19.1. The summed E-state index contributed by atoms with van der Waals surface area (Å²) >= 11 is 0. The van der Waals surface area contributed by atoms with Crippen LogP contribution in [0.3, 0.4) is 0 Å². The second-order valence-corrected chi connectivity index (χ2v) is 4.77. The predicted octanol–water partition coefficient (Wildman–Crippen LogP) is 5.52. The van der Waals surface area contributed by atoms with Crippen LogP contribution in [0.4, 0.5) is 25.8 Å². The van der Waals surface area contributed by atoms with Gasteiger partial charge in [0.15, 0.2) is 0 Å². The fourth-order valence-corrected chi connectivity index (χ4v) is 1.98. The molecule has 134 valence electrons. The third kappa shape index (κ3) is 5.27. The third-order valence-corrected chi connectivity index (χ3v) is 2.97. The second-order valence-electron chi connectivity index (χ2n) is 4.77. The first kappa shape index (κ1) is 20.1. The van der Waals surface area contributed by atoms with Crippen LogP contribution in [0.2, 0.25) is 0 Å². The van der Waals surface area contributed by atoms with Gasteiger partial charge in [-0.1, -0.05) is 32.6 Å². The Morgan fingerprint density at radius 3 is 2.48 bits per heavy atom. The number of ether oxygens (including phenoxy) is 1. The highest BCUT2D eigenvalue weighted by molar-refractivity contribution is 5.74. The third-order valence-electron chi connectivity index (χ3n) is 2.97. The molecule has 0 aliphatic carbocycles. The molecule has 0 heterocycles. The molecule has 7 heteroatoms. The quantitative estimate of drug-likeness (QED) is 0.423. The Morgan fingerprint density at radius 1 is 1.24 bits per heavy atom. The smallest absolute Gasteiger partial charge is 0.334 e. The molecule has 5 nitrogen and oxygen atoms in total. The van der Waals surface area contributed by atoms with Gasteiger partial charge in [-0.25, -0.2) is 8.78 Å². The number of nitro benzene ring substituents is 1. The average Bonchev–Trinajstić information content (AvgIpc) is 2.56. The van der Waals surface area contributed by atoms with E-state index in [1.54, 1.807) is 13.0 Å². The molecule has 2 rings (SSSR count). The van der Waals surface area contributed by atoms with E-state index in [4.69, 9.17) is 4.74 Å². The number of nitrogens with zero attached hydrogens (tertiary/aromatic N) is 1. The summed E-state index contributed by atoms with van der Waals surface area (Å²) < 4.78 is 32.7. The van der Waals surface area contributed by atoms with E-state index in [0.717, 1.165) is 12.1 Å². The van der Waals surface area contributed by atoms with Crippen LogP contribution in [0.1, 0.15) is 19.4 Å². The lowest BCUT2D eigenvalue weighted by atomic mass is 10.2. The number of nitrogens with one attached hydrogen (secondary N) is 1. The molecule has 25 heavy (non-hydrogen) atoms. The fraction of sp³-hybridized carbons (Fsp3) is 0.222. The van der Waals surface area contributed by atoms with Gasteiger partial charge in [0.2, 0.25) is 5.75 Å². The Morgan fingerprint density at radius 2 is 1.92 bits per heavy atom. The number of nitro groups is 1. The molecule has 2 aromatic carbocycles. The summed E-state index contributed by atoms with van der Waals surface area (Å²) in [6.45, 7) is 9.11. The average molecular weight is 350 g/mol. The van der Waals surface area contributed by atoms with Crippen LogP contribution in [0, 0.1) is 28.7 Å². The van der Waals surface area contributed by atoms with E-state index < -0.39 is 22.2 Å². The highest BCUT2D eigenvalue weighted by Gasteiger charge is 2.24. The SMILES string of the molecule is C=CCOc1cc(F)cc(Nc2ccc(C)cc2F)c1[N+](=O)[O-].CC. The number of rotatable bonds is 6. The van der Waals surface area contributed by atoms with Crippen molar-refractivity contribution in [2.75, 3.05) is 11.9 Å². The molecule has 0 aromatic heterocycles. The maximum Gasteiger partial charge on any atom is 0.334 e. The molecule has 0 radical (unpaired) electrons. The topological polar surface area (TPSA) is 64.4 Å². The summed E-state index contributed by atoms with van der Waals surface area (Å²) in [5, 5.41) is 13.8. The van der Waals surface area contributed by atoms with Crippen molar-refractivity contribution < 1.29 is 18.4 Å². The number of aryl methyl sites for hydroxylation is 1. The molecule has 0 atom stereocenters. The molecule has 0 amide bonds. The Hall–Kier alpha value is -2.96. The monoisotopic (exact) mass is 350 g/mol. The van der Waals surface area contributed by atoms with Crippen molar-refractivity contribution in [1.29, 1.82) is 0 Å². The van der Waals surface area contributed by atoms with E-state index >= 15 is 0 Å². The minimum absolute atomic E-state index is 0.000953.